The first-order valence-corrected chi connectivity index (χ1v) is 7.32. The van der Waals surface area contributed by atoms with Crippen LogP contribution in [0.25, 0.3) is 0 Å². The van der Waals surface area contributed by atoms with Gasteiger partial charge in [-0.2, -0.15) is 8.42 Å². The molecule has 0 bridgehead atoms. The Morgan fingerprint density at radius 3 is 2.53 bits per heavy atom. The van der Waals surface area contributed by atoms with E-state index in [1.165, 1.54) is 12.1 Å². The van der Waals surface area contributed by atoms with E-state index in [2.05, 4.69) is 5.32 Å². The van der Waals surface area contributed by atoms with Gasteiger partial charge < -0.3 is 10.1 Å². The SMILES string of the molecule is CCCOC(=O)NCCOS(=O)(=O)c1ccccc1. The lowest BCUT2D eigenvalue weighted by Crippen LogP contribution is -2.28. The van der Waals surface area contributed by atoms with E-state index < -0.39 is 16.2 Å². The van der Waals surface area contributed by atoms with E-state index in [9.17, 15) is 13.2 Å². The summed E-state index contributed by atoms with van der Waals surface area (Å²) < 4.78 is 32.9. The number of alkyl carbamates (subject to hydrolysis) is 1. The zero-order valence-corrected chi connectivity index (χ0v) is 11.5. The van der Waals surface area contributed by atoms with Crippen molar-refractivity contribution in [2.75, 3.05) is 19.8 Å². The van der Waals surface area contributed by atoms with Gasteiger partial charge in [0, 0.05) is 6.54 Å². The lowest BCUT2D eigenvalue weighted by Gasteiger charge is -2.07. The average Bonchev–Trinajstić information content (AvgIpc) is 2.42. The molecule has 1 rings (SSSR count). The van der Waals surface area contributed by atoms with Gasteiger partial charge in [-0.15, -0.1) is 0 Å². The Bertz CT molecular complexity index is 486. The summed E-state index contributed by atoms with van der Waals surface area (Å²) in [5.41, 5.74) is 0. The minimum atomic E-state index is -3.77. The maximum Gasteiger partial charge on any atom is 0.407 e. The number of nitrogens with one attached hydrogen (secondary N) is 1. The van der Waals surface area contributed by atoms with Gasteiger partial charge in [0.15, 0.2) is 0 Å². The number of rotatable bonds is 7. The second kappa shape index (κ2) is 7.75. The van der Waals surface area contributed by atoms with Crippen molar-refractivity contribution < 1.29 is 22.1 Å². The molecule has 0 heterocycles. The van der Waals surface area contributed by atoms with Crippen molar-refractivity contribution in [3.05, 3.63) is 30.3 Å². The molecule has 0 aliphatic carbocycles. The molecular weight excluding hydrogens is 270 g/mol. The molecule has 19 heavy (non-hydrogen) atoms. The highest BCUT2D eigenvalue weighted by atomic mass is 32.2. The summed E-state index contributed by atoms with van der Waals surface area (Å²) in [7, 11) is -3.77. The average molecular weight is 287 g/mol. The van der Waals surface area contributed by atoms with Crippen LogP contribution < -0.4 is 5.32 Å². The van der Waals surface area contributed by atoms with Crippen LogP contribution >= 0.6 is 0 Å². The van der Waals surface area contributed by atoms with Crippen LogP contribution in [0.1, 0.15) is 13.3 Å². The zero-order valence-electron chi connectivity index (χ0n) is 10.7. The smallest absolute Gasteiger partial charge is 0.407 e. The van der Waals surface area contributed by atoms with Crippen molar-refractivity contribution in [2.24, 2.45) is 0 Å². The highest BCUT2D eigenvalue weighted by Gasteiger charge is 2.14. The van der Waals surface area contributed by atoms with Crippen molar-refractivity contribution in [1.82, 2.24) is 5.32 Å². The van der Waals surface area contributed by atoms with Crippen LogP contribution in [-0.4, -0.2) is 34.3 Å². The van der Waals surface area contributed by atoms with Crippen LogP contribution in [0.15, 0.2) is 35.2 Å². The number of benzene rings is 1. The molecule has 0 aliphatic rings. The van der Waals surface area contributed by atoms with Gasteiger partial charge in [-0.25, -0.2) is 4.79 Å². The molecule has 1 N–H and O–H groups in total. The number of amides is 1. The monoisotopic (exact) mass is 287 g/mol. The lowest BCUT2D eigenvalue weighted by molar-refractivity contribution is 0.144. The van der Waals surface area contributed by atoms with E-state index in [0.717, 1.165) is 6.42 Å². The summed E-state index contributed by atoms with van der Waals surface area (Å²) in [4.78, 5) is 11.1. The van der Waals surface area contributed by atoms with Crippen LogP contribution in [0.3, 0.4) is 0 Å². The number of hydrogen-bond acceptors (Lipinski definition) is 5. The van der Waals surface area contributed by atoms with Gasteiger partial charge in [0.25, 0.3) is 10.1 Å². The Hall–Kier alpha value is -1.60. The Morgan fingerprint density at radius 1 is 1.21 bits per heavy atom. The fourth-order valence-electron chi connectivity index (χ4n) is 1.21. The van der Waals surface area contributed by atoms with Gasteiger partial charge in [0.1, 0.15) is 0 Å². The molecule has 0 spiro atoms. The summed E-state index contributed by atoms with van der Waals surface area (Å²) in [5.74, 6) is 0. The maximum atomic E-state index is 11.7. The van der Waals surface area contributed by atoms with Crippen molar-refractivity contribution in [3.8, 4) is 0 Å². The Balaban J connectivity index is 2.31. The zero-order chi connectivity index (χ0) is 14.1. The molecule has 0 atom stereocenters. The molecule has 0 saturated carbocycles. The summed E-state index contributed by atoms with van der Waals surface area (Å²) >= 11 is 0. The number of carbonyl (C=O) groups is 1. The first-order valence-electron chi connectivity index (χ1n) is 5.91. The standard InChI is InChI=1S/C12H17NO5S/c1-2-9-17-12(14)13-8-10-18-19(15,16)11-6-4-3-5-7-11/h3-7H,2,8-10H2,1H3,(H,13,14). The van der Waals surface area contributed by atoms with Gasteiger partial charge in [-0.3, -0.25) is 4.18 Å². The maximum absolute atomic E-state index is 11.7. The molecule has 0 aromatic heterocycles. The van der Waals surface area contributed by atoms with E-state index in [4.69, 9.17) is 8.92 Å². The number of carbonyl (C=O) groups excluding carboxylic acids is 1. The molecular formula is C12H17NO5S. The molecule has 106 valence electrons. The third-order valence-electron chi connectivity index (χ3n) is 2.08. The molecule has 0 unspecified atom stereocenters. The minimum Gasteiger partial charge on any atom is -0.450 e. The van der Waals surface area contributed by atoms with Crippen LogP contribution in [0.4, 0.5) is 4.79 Å². The summed E-state index contributed by atoms with van der Waals surface area (Å²) in [5, 5.41) is 2.39. The summed E-state index contributed by atoms with van der Waals surface area (Å²) in [6, 6.07) is 7.81. The third kappa shape index (κ3) is 5.71. The highest BCUT2D eigenvalue weighted by molar-refractivity contribution is 7.86. The molecule has 6 nitrogen and oxygen atoms in total. The van der Waals surface area contributed by atoms with Crippen LogP contribution in [0, 0.1) is 0 Å². The van der Waals surface area contributed by atoms with Gasteiger partial charge in [-0.05, 0) is 18.6 Å². The van der Waals surface area contributed by atoms with Crippen molar-refractivity contribution in [3.63, 3.8) is 0 Å². The van der Waals surface area contributed by atoms with Crippen LogP contribution in [-0.2, 0) is 19.0 Å². The Labute approximate surface area is 112 Å². The van der Waals surface area contributed by atoms with Crippen LogP contribution in [0.2, 0.25) is 0 Å². The van der Waals surface area contributed by atoms with Crippen molar-refractivity contribution >= 4 is 16.2 Å². The lowest BCUT2D eigenvalue weighted by atomic mass is 10.4. The van der Waals surface area contributed by atoms with E-state index in [0.29, 0.717) is 6.61 Å². The quantitative estimate of drug-likeness (QED) is 0.607. The summed E-state index contributed by atoms with van der Waals surface area (Å²) in [6.07, 6.45) is 0.148. The minimum absolute atomic E-state index is 0.0641. The van der Waals surface area contributed by atoms with E-state index in [1.807, 2.05) is 6.92 Å². The van der Waals surface area contributed by atoms with Gasteiger partial charge in [0.2, 0.25) is 0 Å². The first-order chi connectivity index (χ1) is 9.06. The fraction of sp³-hybridized carbons (Fsp3) is 0.417. The molecule has 1 aromatic rings. The van der Waals surface area contributed by atoms with Gasteiger partial charge >= 0.3 is 6.09 Å². The Morgan fingerprint density at radius 2 is 1.89 bits per heavy atom. The molecule has 1 amide bonds. The summed E-state index contributed by atoms with van der Waals surface area (Å²) in [6.45, 7) is 2.13. The van der Waals surface area contributed by atoms with Gasteiger partial charge in [-0.1, -0.05) is 25.1 Å². The molecule has 1 aromatic carbocycles. The highest BCUT2D eigenvalue weighted by Crippen LogP contribution is 2.10. The normalized spacial score (nSPS) is 11.0. The van der Waals surface area contributed by atoms with Crippen molar-refractivity contribution in [1.29, 1.82) is 0 Å². The molecule has 0 aliphatic heterocycles. The largest absolute Gasteiger partial charge is 0.450 e. The fourth-order valence-corrected chi connectivity index (χ4v) is 2.13. The first kappa shape index (κ1) is 15.5. The Kier molecular flexibility index (Phi) is 6.31. The van der Waals surface area contributed by atoms with E-state index in [-0.39, 0.29) is 18.0 Å². The molecule has 7 heteroatoms. The second-order valence-electron chi connectivity index (χ2n) is 3.65. The van der Waals surface area contributed by atoms with Crippen molar-refractivity contribution in [2.45, 2.75) is 18.2 Å². The van der Waals surface area contributed by atoms with E-state index in [1.54, 1.807) is 18.2 Å². The topological polar surface area (TPSA) is 81.7 Å². The molecule has 0 fully saturated rings. The molecule has 0 saturated heterocycles. The second-order valence-corrected chi connectivity index (χ2v) is 5.27. The number of ether oxygens (including phenoxy) is 1. The predicted octanol–water partition coefficient (Wildman–Crippen LogP) is 1.53. The molecule has 0 radical (unpaired) electrons. The number of hydrogen-bond donors (Lipinski definition) is 1. The predicted molar refractivity (Wildman–Crippen MR) is 69.2 cm³/mol. The van der Waals surface area contributed by atoms with E-state index >= 15 is 0 Å². The van der Waals surface area contributed by atoms with Gasteiger partial charge in [0.05, 0.1) is 18.1 Å². The third-order valence-corrected chi connectivity index (χ3v) is 3.41. The van der Waals surface area contributed by atoms with Crippen LogP contribution in [0.5, 0.6) is 0 Å².